The van der Waals surface area contributed by atoms with Gasteiger partial charge in [-0.2, -0.15) is 0 Å². The van der Waals surface area contributed by atoms with Crippen LogP contribution in [0, 0.1) is 17.6 Å². The Morgan fingerprint density at radius 1 is 1.30 bits per heavy atom. The number of likely N-dealkylation sites (tertiary alicyclic amines) is 1. The highest BCUT2D eigenvalue weighted by Gasteiger charge is 2.26. The molecule has 1 aliphatic heterocycles. The lowest BCUT2D eigenvalue weighted by Gasteiger charge is -2.19. The van der Waals surface area contributed by atoms with E-state index in [1.54, 1.807) is 0 Å². The first-order valence-electron chi connectivity index (χ1n) is 6.81. The van der Waals surface area contributed by atoms with E-state index < -0.39 is 11.6 Å². The van der Waals surface area contributed by atoms with Crippen LogP contribution in [0.2, 0.25) is 0 Å². The van der Waals surface area contributed by atoms with Crippen molar-refractivity contribution in [3.63, 3.8) is 0 Å². The van der Waals surface area contributed by atoms with Gasteiger partial charge in [-0.15, -0.1) is 0 Å². The van der Waals surface area contributed by atoms with Gasteiger partial charge in [-0.3, -0.25) is 4.79 Å². The van der Waals surface area contributed by atoms with Crippen LogP contribution >= 0.6 is 0 Å². The SMILES string of the molecule is CN(C)CC(=O)N1CCC(Cc2cc(F)cc(F)c2)C1. The zero-order chi connectivity index (χ0) is 14.7. The van der Waals surface area contributed by atoms with E-state index in [1.807, 2.05) is 23.9 Å². The smallest absolute Gasteiger partial charge is 0.236 e. The lowest BCUT2D eigenvalue weighted by molar-refractivity contribution is -0.130. The highest BCUT2D eigenvalue weighted by molar-refractivity contribution is 5.78. The molecule has 0 bridgehead atoms. The number of hydrogen-bond acceptors (Lipinski definition) is 2. The van der Waals surface area contributed by atoms with E-state index in [2.05, 4.69) is 0 Å². The minimum absolute atomic E-state index is 0.114. The molecule has 1 aromatic carbocycles. The standard InChI is InChI=1S/C15H20F2N2O/c1-18(2)10-15(20)19-4-3-11(9-19)5-12-6-13(16)8-14(17)7-12/h6-8,11H,3-5,9-10H2,1-2H3. The maximum Gasteiger partial charge on any atom is 0.236 e. The van der Waals surface area contributed by atoms with E-state index in [4.69, 9.17) is 0 Å². The van der Waals surface area contributed by atoms with Gasteiger partial charge in [-0.25, -0.2) is 8.78 Å². The molecule has 0 spiro atoms. The van der Waals surface area contributed by atoms with Gasteiger partial charge in [0.25, 0.3) is 0 Å². The monoisotopic (exact) mass is 282 g/mol. The lowest BCUT2D eigenvalue weighted by atomic mass is 9.98. The number of hydrogen-bond donors (Lipinski definition) is 0. The molecule has 0 saturated carbocycles. The number of carbonyl (C=O) groups excluding carboxylic acids is 1. The summed E-state index contributed by atoms with van der Waals surface area (Å²) in [5.74, 6) is -0.692. The van der Waals surface area contributed by atoms with Crippen LogP contribution in [0.15, 0.2) is 18.2 Å². The second kappa shape index (κ2) is 6.31. The van der Waals surface area contributed by atoms with Crippen LogP contribution in [0.1, 0.15) is 12.0 Å². The van der Waals surface area contributed by atoms with Crippen molar-refractivity contribution in [1.82, 2.24) is 9.80 Å². The predicted octanol–water partition coefficient (Wildman–Crippen LogP) is 1.92. The van der Waals surface area contributed by atoms with Crippen LogP contribution in [0.25, 0.3) is 0 Å². The highest BCUT2D eigenvalue weighted by Crippen LogP contribution is 2.22. The van der Waals surface area contributed by atoms with Gasteiger partial charge >= 0.3 is 0 Å². The molecule has 5 heteroatoms. The van der Waals surface area contributed by atoms with E-state index >= 15 is 0 Å². The number of likely N-dealkylation sites (N-methyl/N-ethyl adjacent to an activating group) is 1. The van der Waals surface area contributed by atoms with Gasteiger partial charge in [0, 0.05) is 19.2 Å². The summed E-state index contributed by atoms with van der Waals surface area (Å²) in [5.41, 5.74) is 0.661. The molecule has 1 heterocycles. The maximum absolute atomic E-state index is 13.1. The van der Waals surface area contributed by atoms with Crippen molar-refractivity contribution >= 4 is 5.91 Å². The molecule has 20 heavy (non-hydrogen) atoms. The Morgan fingerprint density at radius 3 is 2.55 bits per heavy atom. The van der Waals surface area contributed by atoms with Crippen LogP contribution in [0.5, 0.6) is 0 Å². The van der Waals surface area contributed by atoms with Gasteiger partial charge in [0.05, 0.1) is 6.54 Å². The molecular formula is C15H20F2N2O. The van der Waals surface area contributed by atoms with Crippen molar-refractivity contribution in [3.05, 3.63) is 35.4 Å². The molecule has 2 rings (SSSR count). The molecule has 1 amide bonds. The molecule has 1 aromatic rings. The Morgan fingerprint density at radius 2 is 1.95 bits per heavy atom. The summed E-state index contributed by atoms with van der Waals surface area (Å²) in [5, 5.41) is 0. The fraction of sp³-hybridized carbons (Fsp3) is 0.533. The maximum atomic E-state index is 13.1. The number of carbonyl (C=O) groups is 1. The third kappa shape index (κ3) is 4.00. The Kier molecular flexibility index (Phi) is 4.70. The van der Waals surface area contributed by atoms with Gasteiger partial charge in [-0.1, -0.05) is 0 Å². The van der Waals surface area contributed by atoms with Gasteiger partial charge in [0.1, 0.15) is 11.6 Å². The molecule has 0 aromatic heterocycles. The van der Waals surface area contributed by atoms with Crippen molar-refractivity contribution in [2.75, 3.05) is 33.7 Å². The average Bonchev–Trinajstić information content (AvgIpc) is 2.75. The quantitative estimate of drug-likeness (QED) is 0.842. The minimum atomic E-state index is -0.543. The zero-order valence-corrected chi connectivity index (χ0v) is 11.9. The lowest BCUT2D eigenvalue weighted by Crippen LogP contribution is -2.36. The molecule has 1 unspecified atom stereocenters. The van der Waals surface area contributed by atoms with Gasteiger partial charge in [0.15, 0.2) is 0 Å². The second-order valence-electron chi connectivity index (χ2n) is 5.71. The first-order valence-corrected chi connectivity index (χ1v) is 6.81. The molecule has 1 aliphatic rings. The summed E-state index contributed by atoms with van der Waals surface area (Å²) in [7, 11) is 3.72. The first-order chi connectivity index (χ1) is 9.44. The summed E-state index contributed by atoms with van der Waals surface area (Å²) in [6.45, 7) is 1.81. The molecule has 1 atom stereocenters. The molecular weight excluding hydrogens is 262 g/mol. The Balaban J connectivity index is 1.91. The molecule has 3 nitrogen and oxygen atoms in total. The topological polar surface area (TPSA) is 23.6 Å². The molecule has 110 valence electrons. The molecule has 0 N–H and O–H groups in total. The van der Waals surface area contributed by atoms with Crippen molar-refractivity contribution in [2.24, 2.45) is 5.92 Å². The first kappa shape index (κ1) is 14.9. The average molecular weight is 282 g/mol. The summed E-state index contributed by atoms with van der Waals surface area (Å²) < 4.78 is 26.3. The number of rotatable bonds is 4. The molecule has 1 saturated heterocycles. The number of halogens is 2. The molecule has 1 fully saturated rings. The molecule has 0 radical (unpaired) electrons. The largest absolute Gasteiger partial charge is 0.341 e. The van der Waals surface area contributed by atoms with Crippen molar-refractivity contribution < 1.29 is 13.6 Å². The fourth-order valence-corrected chi connectivity index (χ4v) is 2.66. The minimum Gasteiger partial charge on any atom is -0.341 e. The van der Waals surface area contributed by atoms with Crippen LogP contribution in [0.4, 0.5) is 8.78 Å². The van der Waals surface area contributed by atoms with E-state index in [-0.39, 0.29) is 11.8 Å². The summed E-state index contributed by atoms with van der Waals surface area (Å²) in [6.07, 6.45) is 1.50. The summed E-state index contributed by atoms with van der Waals surface area (Å²) >= 11 is 0. The summed E-state index contributed by atoms with van der Waals surface area (Å²) in [6, 6.07) is 3.62. The second-order valence-corrected chi connectivity index (χ2v) is 5.71. The van der Waals surface area contributed by atoms with Crippen molar-refractivity contribution in [3.8, 4) is 0 Å². The van der Waals surface area contributed by atoms with Crippen LogP contribution in [-0.2, 0) is 11.2 Å². The third-order valence-corrected chi connectivity index (χ3v) is 3.54. The highest BCUT2D eigenvalue weighted by atomic mass is 19.1. The number of nitrogens with zero attached hydrogens (tertiary/aromatic N) is 2. The van der Waals surface area contributed by atoms with Crippen LogP contribution in [-0.4, -0.2) is 49.4 Å². The zero-order valence-electron chi connectivity index (χ0n) is 11.9. The van der Waals surface area contributed by atoms with Crippen LogP contribution in [0.3, 0.4) is 0 Å². The fourth-order valence-electron chi connectivity index (χ4n) is 2.66. The van der Waals surface area contributed by atoms with Gasteiger partial charge < -0.3 is 9.80 Å². The Bertz CT molecular complexity index is 471. The number of benzene rings is 1. The predicted molar refractivity (Wildman–Crippen MR) is 73.3 cm³/mol. The van der Waals surface area contributed by atoms with E-state index in [9.17, 15) is 13.6 Å². The van der Waals surface area contributed by atoms with Crippen molar-refractivity contribution in [2.45, 2.75) is 12.8 Å². The summed E-state index contributed by atoms with van der Waals surface area (Å²) in [4.78, 5) is 15.6. The van der Waals surface area contributed by atoms with Crippen molar-refractivity contribution in [1.29, 1.82) is 0 Å². The van der Waals surface area contributed by atoms with Crippen LogP contribution < -0.4 is 0 Å². The number of amides is 1. The van der Waals surface area contributed by atoms with Gasteiger partial charge in [0.2, 0.25) is 5.91 Å². The molecule has 0 aliphatic carbocycles. The Labute approximate surface area is 118 Å². The third-order valence-electron chi connectivity index (χ3n) is 3.54. The van der Waals surface area contributed by atoms with E-state index in [0.717, 1.165) is 19.0 Å². The van der Waals surface area contributed by atoms with E-state index in [0.29, 0.717) is 25.1 Å². The van der Waals surface area contributed by atoms with Gasteiger partial charge in [-0.05, 0) is 50.6 Å². The van der Waals surface area contributed by atoms with E-state index in [1.165, 1.54) is 12.1 Å². The normalized spacial score (nSPS) is 18.9. The Hall–Kier alpha value is -1.49.